The average molecular weight is 350 g/mol. The van der Waals surface area contributed by atoms with Gasteiger partial charge in [-0.1, -0.05) is 30.3 Å². The zero-order chi connectivity index (χ0) is 18.4. The van der Waals surface area contributed by atoms with Crippen LogP contribution in [0, 0.1) is 0 Å². The van der Waals surface area contributed by atoms with E-state index < -0.39 is 29.9 Å². The zero-order valence-corrected chi connectivity index (χ0v) is 14.9. The normalized spacial score (nSPS) is 20.7. The van der Waals surface area contributed by atoms with Crippen molar-refractivity contribution in [2.45, 2.75) is 51.5 Å². The second kappa shape index (κ2) is 8.20. The van der Waals surface area contributed by atoms with E-state index >= 15 is 0 Å². The third kappa shape index (κ3) is 6.26. The Labute approximate surface area is 147 Å². The number of carbonyl (C=O) groups excluding carboxylic acids is 2. The van der Waals surface area contributed by atoms with E-state index in [9.17, 15) is 14.7 Å². The number of aliphatic hydroxyl groups is 1. The fourth-order valence-electron chi connectivity index (χ4n) is 2.52. The van der Waals surface area contributed by atoms with Crippen LogP contribution in [0.2, 0.25) is 0 Å². The van der Waals surface area contributed by atoms with E-state index in [4.69, 9.17) is 9.47 Å². The standard InChI is InChI=1S/C18H26N2O5/c1-18(2,3)25-16(22)19-14-11-20(10-9-15(14)21)17(23)24-12-13-7-5-4-6-8-13/h4-8,14-15,21H,9-12H2,1-3H3,(H,19,22)/t14-,15+/m1/s1. The Morgan fingerprint density at radius 2 is 1.96 bits per heavy atom. The van der Waals surface area contributed by atoms with Gasteiger partial charge in [-0.25, -0.2) is 9.59 Å². The van der Waals surface area contributed by atoms with E-state index in [-0.39, 0.29) is 13.2 Å². The maximum absolute atomic E-state index is 12.2. The molecular formula is C18H26N2O5. The number of piperidine rings is 1. The lowest BCUT2D eigenvalue weighted by Gasteiger charge is -2.36. The molecule has 0 unspecified atom stereocenters. The summed E-state index contributed by atoms with van der Waals surface area (Å²) < 4.78 is 10.5. The van der Waals surface area contributed by atoms with Crippen LogP contribution in [0.3, 0.4) is 0 Å². The molecule has 1 aliphatic heterocycles. The summed E-state index contributed by atoms with van der Waals surface area (Å²) in [5.74, 6) is 0. The van der Waals surface area contributed by atoms with Crippen molar-refractivity contribution < 1.29 is 24.2 Å². The molecule has 1 fully saturated rings. The van der Waals surface area contributed by atoms with Gasteiger partial charge in [0.25, 0.3) is 0 Å². The van der Waals surface area contributed by atoms with Gasteiger partial charge in [-0.2, -0.15) is 0 Å². The highest BCUT2D eigenvalue weighted by atomic mass is 16.6. The maximum Gasteiger partial charge on any atom is 0.410 e. The second-order valence-corrected chi connectivity index (χ2v) is 7.09. The highest BCUT2D eigenvalue weighted by molar-refractivity contribution is 5.70. The topological polar surface area (TPSA) is 88.1 Å². The molecule has 7 nitrogen and oxygen atoms in total. The van der Waals surface area contributed by atoms with Crippen LogP contribution in [-0.4, -0.2) is 53.0 Å². The van der Waals surface area contributed by atoms with Gasteiger partial charge in [-0.3, -0.25) is 0 Å². The lowest BCUT2D eigenvalue weighted by Crippen LogP contribution is -2.57. The number of benzene rings is 1. The van der Waals surface area contributed by atoms with Gasteiger partial charge in [0.1, 0.15) is 12.2 Å². The quantitative estimate of drug-likeness (QED) is 0.873. The van der Waals surface area contributed by atoms with Crippen molar-refractivity contribution in [1.29, 1.82) is 0 Å². The number of hydrogen-bond donors (Lipinski definition) is 2. The van der Waals surface area contributed by atoms with Gasteiger partial charge in [0.2, 0.25) is 0 Å². The summed E-state index contributed by atoms with van der Waals surface area (Å²) in [6.45, 7) is 6.02. The monoisotopic (exact) mass is 350 g/mol. The van der Waals surface area contributed by atoms with Crippen LogP contribution in [-0.2, 0) is 16.1 Å². The third-order valence-electron chi connectivity index (χ3n) is 3.74. The molecule has 2 amide bonds. The van der Waals surface area contributed by atoms with Crippen molar-refractivity contribution >= 4 is 12.2 Å². The molecule has 1 aromatic rings. The highest BCUT2D eigenvalue weighted by Gasteiger charge is 2.33. The van der Waals surface area contributed by atoms with Crippen molar-refractivity contribution in [3.63, 3.8) is 0 Å². The van der Waals surface area contributed by atoms with Crippen LogP contribution < -0.4 is 5.32 Å². The molecule has 0 aliphatic carbocycles. The van der Waals surface area contributed by atoms with Gasteiger partial charge in [0.05, 0.1) is 12.1 Å². The first kappa shape index (κ1) is 19.1. The summed E-state index contributed by atoms with van der Waals surface area (Å²) in [5, 5.41) is 12.7. The van der Waals surface area contributed by atoms with Crippen LogP contribution in [0.1, 0.15) is 32.8 Å². The Hall–Kier alpha value is -2.28. The first-order valence-electron chi connectivity index (χ1n) is 8.38. The van der Waals surface area contributed by atoms with E-state index in [1.807, 2.05) is 30.3 Å². The highest BCUT2D eigenvalue weighted by Crippen LogP contribution is 2.14. The smallest absolute Gasteiger partial charge is 0.410 e. The number of aliphatic hydroxyl groups excluding tert-OH is 1. The summed E-state index contributed by atoms with van der Waals surface area (Å²) in [5.41, 5.74) is 0.272. The molecule has 0 spiro atoms. The Kier molecular flexibility index (Phi) is 6.25. The predicted molar refractivity (Wildman–Crippen MR) is 92.0 cm³/mol. The number of amides is 2. The molecule has 1 saturated heterocycles. The summed E-state index contributed by atoms with van der Waals surface area (Å²) in [6, 6.07) is 8.81. The molecule has 0 aromatic heterocycles. The lowest BCUT2D eigenvalue weighted by molar-refractivity contribution is 0.0178. The maximum atomic E-state index is 12.2. The Bertz CT molecular complexity index is 585. The largest absolute Gasteiger partial charge is 0.445 e. The molecular weight excluding hydrogens is 324 g/mol. The number of nitrogens with one attached hydrogen (secondary N) is 1. The van der Waals surface area contributed by atoms with Gasteiger partial charge in [-0.05, 0) is 32.8 Å². The minimum Gasteiger partial charge on any atom is -0.445 e. The summed E-state index contributed by atoms with van der Waals surface area (Å²) >= 11 is 0. The number of alkyl carbamates (subject to hydrolysis) is 1. The molecule has 2 N–H and O–H groups in total. The summed E-state index contributed by atoms with van der Waals surface area (Å²) in [7, 11) is 0. The molecule has 0 bridgehead atoms. The van der Waals surface area contributed by atoms with Crippen molar-refractivity contribution in [2.75, 3.05) is 13.1 Å². The van der Waals surface area contributed by atoms with Gasteiger partial charge in [0.15, 0.2) is 0 Å². The van der Waals surface area contributed by atoms with Gasteiger partial charge >= 0.3 is 12.2 Å². The van der Waals surface area contributed by atoms with E-state index in [0.717, 1.165) is 5.56 Å². The molecule has 2 rings (SSSR count). The Morgan fingerprint density at radius 3 is 2.60 bits per heavy atom. The number of ether oxygens (including phenoxy) is 2. The second-order valence-electron chi connectivity index (χ2n) is 7.09. The van der Waals surface area contributed by atoms with E-state index in [1.165, 1.54) is 4.90 Å². The van der Waals surface area contributed by atoms with Crippen LogP contribution in [0.4, 0.5) is 9.59 Å². The average Bonchev–Trinajstić information content (AvgIpc) is 2.54. The van der Waals surface area contributed by atoms with Crippen LogP contribution in [0.15, 0.2) is 30.3 Å². The minimum absolute atomic E-state index is 0.175. The zero-order valence-electron chi connectivity index (χ0n) is 14.9. The predicted octanol–water partition coefficient (Wildman–Crippen LogP) is 2.28. The molecule has 0 radical (unpaired) electrons. The van der Waals surface area contributed by atoms with Crippen molar-refractivity contribution in [3.05, 3.63) is 35.9 Å². The number of rotatable bonds is 3. The molecule has 25 heavy (non-hydrogen) atoms. The van der Waals surface area contributed by atoms with E-state index in [0.29, 0.717) is 13.0 Å². The molecule has 138 valence electrons. The number of carbonyl (C=O) groups is 2. The van der Waals surface area contributed by atoms with Gasteiger partial charge in [0, 0.05) is 13.1 Å². The van der Waals surface area contributed by atoms with Crippen LogP contribution in [0.25, 0.3) is 0 Å². The van der Waals surface area contributed by atoms with Crippen molar-refractivity contribution in [2.24, 2.45) is 0 Å². The summed E-state index contributed by atoms with van der Waals surface area (Å²) in [6.07, 6.45) is -1.45. The number of hydrogen-bond acceptors (Lipinski definition) is 5. The van der Waals surface area contributed by atoms with Crippen LogP contribution in [0.5, 0.6) is 0 Å². The fraction of sp³-hybridized carbons (Fsp3) is 0.556. The van der Waals surface area contributed by atoms with E-state index in [2.05, 4.69) is 5.32 Å². The molecule has 7 heteroatoms. The van der Waals surface area contributed by atoms with Crippen molar-refractivity contribution in [1.82, 2.24) is 10.2 Å². The SMILES string of the molecule is CC(C)(C)OC(=O)N[C@@H]1CN(C(=O)OCc2ccccc2)CC[C@@H]1O. The summed E-state index contributed by atoms with van der Waals surface area (Å²) in [4.78, 5) is 25.6. The fourth-order valence-corrected chi connectivity index (χ4v) is 2.52. The first-order valence-corrected chi connectivity index (χ1v) is 8.38. The molecule has 1 aromatic carbocycles. The third-order valence-corrected chi connectivity index (χ3v) is 3.74. The van der Waals surface area contributed by atoms with Gasteiger partial charge in [-0.15, -0.1) is 0 Å². The molecule has 1 aliphatic rings. The lowest BCUT2D eigenvalue weighted by atomic mass is 10.0. The first-order chi connectivity index (χ1) is 11.7. The molecule has 0 saturated carbocycles. The van der Waals surface area contributed by atoms with Crippen LogP contribution >= 0.6 is 0 Å². The van der Waals surface area contributed by atoms with Crippen molar-refractivity contribution in [3.8, 4) is 0 Å². The Morgan fingerprint density at radius 1 is 1.28 bits per heavy atom. The number of nitrogens with zero attached hydrogens (tertiary/aromatic N) is 1. The van der Waals surface area contributed by atoms with Gasteiger partial charge < -0.3 is 24.8 Å². The number of likely N-dealkylation sites (tertiary alicyclic amines) is 1. The molecule has 2 atom stereocenters. The minimum atomic E-state index is -0.731. The Balaban J connectivity index is 1.86. The molecule has 1 heterocycles. The van der Waals surface area contributed by atoms with E-state index in [1.54, 1.807) is 20.8 Å².